The first-order valence-corrected chi connectivity index (χ1v) is 5.51. The molecular formula is C6H13N3O4S. The van der Waals surface area contributed by atoms with Crippen LogP contribution in [0.25, 0.3) is 0 Å². The molecule has 1 aliphatic heterocycles. The summed E-state index contributed by atoms with van der Waals surface area (Å²) in [5.74, 6) is -0.929. The van der Waals surface area contributed by atoms with Gasteiger partial charge in [-0.2, -0.15) is 12.7 Å². The summed E-state index contributed by atoms with van der Waals surface area (Å²) in [6.45, 7) is 0.439. The van der Waals surface area contributed by atoms with Gasteiger partial charge in [0.25, 0.3) is 10.2 Å². The molecular weight excluding hydrogens is 210 g/mol. The fourth-order valence-electron chi connectivity index (χ4n) is 1.25. The Labute approximate surface area is 82.3 Å². The highest BCUT2D eigenvalue weighted by Crippen LogP contribution is 2.15. The zero-order chi connectivity index (χ0) is 10.9. The van der Waals surface area contributed by atoms with E-state index in [0.717, 1.165) is 4.31 Å². The quantitative estimate of drug-likeness (QED) is 0.567. The van der Waals surface area contributed by atoms with Crippen molar-refractivity contribution in [2.75, 3.05) is 26.7 Å². The zero-order valence-corrected chi connectivity index (χ0v) is 8.57. The van der Waals surface area contributed by atoms with Crippen molar-refractivity contribution in [3.63, 3.8) is 0 Å². The Balaban J connectivity index is 2.38. The Morgan fingerprint density at radius 1 is 1.64 bits per heavy atom. The highest BCUT2D eigenvalue weighted by atomic mass is 32.2. The molecule has 0 radical (unpaired) electrons. The number of hydrogen-bond donors (Lipinski definition) is 2. The lowest BCUT2D eigenvalue weighted by Gasteiger charge is -2.41. The third kappa shape index (κ3) is 2.64. The molecule has 8 heteroatoms. The van der Waals surface area contributed by atoms with Crippen LogP contribution in [0.5, 0.6) is 0 Å². The fourth-order valence-corrected chi connectivity index (χ4v) is 2.01. The molecule has 0 atom stereocenters. The molecule has 0 aromatic rings. The summed E-state index contributed by atoms with van der Waals surface area (Å²) in [6.07, 6.45) is 0. The minimum atomic E-state index is -3.60. The predicted octanol–water partition coefficient (Wildman–Crippen LogP) is -2.11. The van der Waals surface area contributed by atoms with Crippen LogP contribution < -0.4 is 5.14 Å². The predicted molar refractivity (Wildman–Crippen MR) is 48.7 cm³/mol. The average Bonchev–Trinajstić information content (AvgIpc) is 1.75. The van der Waals surface area contributed by atoms with Crippen LogP contribution in [0.2, 0.25) is 0 Å². The SMILES string of the molecule is CN(CC(=O)O)C1CN(S(N)(=O)=O)C1. The second kappa shape index (κ2) is 3.81. The van der Waals surface area contributed by atoms with E-state index in [1.165, 1.54) is 0 Å². The number of nitrogens with zero attached hydrogens (tertiary/aromatic N) is 2. The van der Waals surface area contributed by atoms with Gasteiger partial charge in [-0.1, -0.05) is 0 Å². The molecule has 0 amide bonds. The molecule has 82 valence electrons. The number of carbonyl (C=O) groups is 1. The Hall–Kier alpha value is -0.700. The maximum Gasteiger partial charge on any atom is 0.317 e. The van der Waals surface area contributed by atoms with Crippen molar-refractivity contribution in [1.82, 2.24) is 9.21 Å². The molecule has 1 rings (SSSR count). The molecule has 0 aromatic carbocycles. The molecule has 1 saturated heterocycles. The van der Waals surface area contributed by atoms with E-state index in [4.69, 9.17) is 10.2 Å². The van der Waals surface area contributed by atoms with Crippen molar-refractivity contribution < 1.29 is 18.3 Å². The van der Waals surface area contributed by atoms with Crippen LogP contribution in [-0.2, 0) is 15.0 Å². The first-order valence-electron chi connectivity index (χ1n) is 4.00. The summed E-state index contributed by atoms with van der Waals surface area (Å²) in [7, 11) is -1.96. The lowest BCUT2D eigenvalue weighted by molar-refractivity contribution is -0.139. The molecule has 1 heterocycles. The molecule has 1 aliphatic rings. The standard InChI is InChI=1S/C6H13N3O4S/c1-8(4-6(10)11)5-2-9(3-5)14(7,12)13/h5H,2-4H2,1H3,(H,10,11)(H2,7,12,13). The van der Waals surface area contributed by atoms with E-state index in [1.54, 1.807) is 11.9 Å². The van der Waals surface area contributed by atoms with Crippen molar-refractivity contribution in [1.29, 1.82) is 0 Å². The number of likely N-dealkylation sites (N-methyl/N-ethyl adjacent to an activating group) is 1. The van der Waals surface area contributed by atoms with Gasteiger partial charge < -0.3 is 5.11 Å². The van der Waals surface area contributed by atoms with Crippen molar-refractivity contribution >= 4 is 16.2 Å². The summed E-state index contributed by atoms with van der Waals surface area (Å²) < 4.78 is 22.7. The van der Waals surface area contributed by atoms with Crippen LogP contribution in [0, 0.1) is 0 Å². The molecule has 0 saturated carbocycles. The monoisotopic (exact) mass is 223 g/mol. The maximum absolute atomic E-state index is 10.8. The number of nitrogens with two attached hydrogens (primary N) is 1. The normalized spacial score (nSPS) is 19.6. The van der Waals surface area contributed by atoms with Gasteiger partial charge in [0.05, 0.1) is 6.54 Å². The van der Waals surface area contributed by atoms with E-state index < -0.39 is 16.2 Å². The van der Waals surface area contributed by atoms with Crippen molar-refractivity contribution in [2.24, 2.45) is 5.14 Å². The molecule has 0 unspecified atom stereocenters. The highest BCUT2D eigenvalue weighted by Gasteiger charge is 2.36. The zero-order valence-electron chi connectivity index (χ0n) is 7.75. The van der Waals surface area contributed by atoms with Gasteiger partial charge in [0.1, 0.15) is 0 Å². The Morgan fingerprint density at radius 3 is 2.50 bits per heavy atom. The Kier molecular flexibility index (Phi) is 3.10. The lowest BCUT2D eigenvalue weighted by Crippen LogP contribution is -2.62. The molecule has 3 N–H and O–H groups in total. The molecule has 0 spiro atoms. The Bertz CT molecular complexity index is 322. The summed E-state index contributed by atoms with van der Waals surface area (Å²) >= 11 is 0. The molecule has 1 fully saturated rings. The van der Waals surface area contributed by atoms with Gasteiger partial charge in [-0.05, 0) is 7.05 Å². The van der Waals surface area contributed by atoms with Crippen LogP contribution in [0.3, 0.4) is 0 Å². The smallest absolute Gasteiger partial charge is 0.317 e. The van der Waals surface area contributed by atoms with E-state index in [1.807, 2.05) is 0 Å². The average molecular weight is 223 g/mol. The highest BCUT2D eigenvalue weighted by molar-refractivity contribution is 7.86. The number of hydrogen-bond acceptors (Lipinski definition) is 4. The molecule has 0 bridgehead atoms. The van der Waals surface area contributed by atoms with Crippen LogP contribution in [-0.4, -0.2) is 61.4 Å². The van der Waals surface area contributed by atoms with Crippen LogP contribution >= 0.6 is 0 Å². The summed E-state index contributed by atoms with van der Waals surface area (Å²) in [5, 5.41) is 13.3. The van der Waals surface area contributed by atoms with Gasteiger partial charge in [-0.15, -0.1) is 0 Å². The number of aliphatic carboxylic acids is 1. The topological polar surface area (TPSA) is 104 Å². The number of carboxylic acids is 1. The fraction of sp³-hybridized carbons (Fsp3) is 0.833. The lowest BCUT2D eigenvalue weighted by atomic mass is 10.1. The largest absolute Gasteiger partial charge is 0.480 e. The van der Waals surface area contributed by atoms with Crippen LogP contribution in [0.15, 0.2) is 0 Å². The van der Waals surface area contributed by atoms with E-state index in [-0.39, 0.29) is 25.7 Å². The molecule has 0 aromatic heterocycles. The maximum atomic E-state index is 10.8. The van der Waals surface area contributed by atoms with Gasteiger partial charge in [-0.3, -0.25) is 9.69 Å². The summed E-state index contributed by atoms with van der Waals surface area (Å²) in [4.78, 5) is 11.9. The Morgan fingerprint density at radius 2 is 2.14 bits per heavy atom. The summed E-state index contributed by atoms with van der Waals surface area (Å²) in [6, 6.07) is -0.0515. The van der Waals surface area contributed by atoms with Crippen molar-refractivity contribution in [3.05, 3.63) is 0 Å². The van der Waals surface area contributed by atoms with Crippen molar-refractivity contribution in [2.45, 2.75) is 6.04 Å². The van der Waals surface area contributed by atoms with Gasteiger partial charge >= 0.3 is 5.97 Å². The molecule has 7 nitrogen and oxygen atoms in total. The second-order valence-electron chi connectivity index (χ2n) is 3.32. The molecule has 14 heavy (non-hydrogen) atoms. The van der Waals surface area contributed by atoms with E-state index in [0.29, 0.717) is 0 Å². The van der Waals surface area contributed by atoms with E-state index in [9.17, 15) is 13.2 Å². The van der Waals surface area contributed by atoms with Crippen molar-refractivity contribution in [3.8, 4) is 0 Å². The first-order chi connectivity index (χ1) is 6.30. The summed E-state index contributed by atoms with van der Waals surface area (Å²) in [5.41, 5.74) is 0. The minimum Gasteiger partial charge on any atom is -0.480 e. The van der Waals surface area contributed by atoms with E-state index >= 15 is 0 Å². The van der Waals surface area contributed by atoms with Gasteiger partial charge in [0.2, 0.25) is 0 Å². The first kappa shape index (κ1) is 11.4. The number of carboxylic acid groups (broad SMARTS) is 1. The van der Waals surface area contributed by atoms with Gasteiger partial charge in [0.15, 0.2) is 0 Å². The molecule has 0 aliphatic carbocycles. The van der Waals surface area contributed by atoms with Crippen LogP contribution in [0.1, 0.15) is 0 Å². The minimum absolute atomic E-state index is 0.0515. The number of rotatable bonds is 4. The third-order valence-electron chi connectivity index (χ3n) is 2.20. The van der Waals surface area contributed by atoms with Gasteiger partial charge in [-0.25, -0.2) is 5.14 Å². The van der Waals surface area contributed by atoms with Crippen LogP contribution in [0.4, 0.5) is 0 Å². The van der Waals surface area contributed by atoms with E-state index in [2.05, 4.69) is 0 Å². The third-order valence-corrected chi connectivity index (χ3v) is 3.21. The second-order valence-corrected chi connectivity index (χ2v) is 4.87. The van der Waals surface area contributed by atoms with Gasteiger partial charge in [0, 0.05) is 19.1 Å².